The van der Waals surface area contributed by atoms with Gasteiger partial charge in [0.1, 0.15) is 0 Å². The minimum absolute atomic E-state index is 0.0541. The smallest absolute Gasteiger partial charge is 0.241 e. The molecule has 0 spiro atoms. The van der Waals surface area contributed by atoms with Crippen LogP contribution in [-0.2, 0) is 4.79 Å². The molecule has 94 valence electrons. The van der Waals surface area contributed by atoms with Crippen molar-refractivity contribution in [1.82, 2.24) is 15.1 Å². The molecular formula is C13H16N4O. The number of likely N-dealkylation sites (N-methyl/N-ethyl adjacent to an activating group) is 1. The Morgan fingerprint density at radius 1 is 1.39 bits per heavy atom. The van der Waals surface area contributed by atoms with Crippen molar-refractivity contribution in [3.8, 4) is 0 Å². The van der Waals surface area contributed by atoms with Crippen LogP contribution in [0, 0.1) is 0 Å². The summed E-state index contributed by atoms with van der Waals surface area (Å²) in [5.41, 5.74) is 1.65. The highest BCUT2D eigenvalue weighted by Crippen LogP contribution is 2.19. The number of hydrogen-bond donors (Lipinski definition) is 1. The highest BCUT2D eigenvalue weighted by Gasteiger charge is 2.07. The van der Waals surface area contributed by atoms with Gasteiger partial charge in [-0.2, -0.15) is 10.2 Å². The van der Waals surface area contributed by atoms with E-state index in [9.17, 15) is 4.79 Å². The number of carbonyl (C=O) groups is 1. The molecule has 0 atom stereocenters. The molecule has 5 heteroatoms. The van der Waals surface area contributed by atoms with Gasteiger partial charge in [0, 0.05) is 19.0 Å². The summed E-state index contributed by atoms with van der Waals surface area (Å²) < 4.78 is 0. The third-order valence-corrected chi connectivity index (χ3v) is 2.88. The van der Waals surface area contributed by atoms with Crippen molar-refractivity contribution < 1.29 is 4.79 Å². The number of rotatable bonds is 4. The first-order valence-electron chi connectivity index (χ1n) is 5.90. The number of fused-ring (bicyclic) bond motifs is 1. The van der Waals surface area contributed by atoms with Crippen molar-refractivity contribution in [2.45, 2.75) is 6.92 Å². The molecule has 1 aromatic heterocycles. The van der Waals surface area contributed by atoms with Crippen LogP contribution in [0.25, 0.3) is 10.9 Å². The summed E-state index contributed by atoms with van der Waals surface area (Å²) in [6, 6.07) is 7.71. The summed E-state index contributed by atoms with van der Waals surface area (Å²) >= 11 is 0. The molecule has 5 nitrogen and oxygen atoms in total. The molecule has 1 amide bonds. The highest BCUT2D eigenvalue weighted by molar-refractivity contribution is 5.92. The summed E-state index contributed by atoms with van der Waals surface area (Å²) in [6.45, 7) is 2.91. The molecule has 1 N–H and O–H groups in total. The molecule has 0 saturated carbocycles. The number of nitrogens with one attached hydrogen (secondary N) is 1. The lowest BCUT2D eigenvalue weighted by molar-refractivity contribution is -0.127. The molecular weight excluding hydrogens is 228 g/mol. The van der Waals surface area contributed by atoms with E-state index in [0.29, 0.717) is 6.54 Å². The average Bonchev–Trinajstić information content (AvgIpc) is 2.43. The molecule has 0 aliphatic rings. The number of nitrogens with zero attached hydrogens (tertiary/aromatic N) is 3. The van der Waals surface area contributed by atoms with E-state index in [1.165, 1.54) is 0 Å². The first-order valence-corrected chi connectivity index (χ1v) is 5.90. The van der Waals surface area contributed by atoms with Gasteiger partial charge >= 0.3 is 0 Å². The van der Waals surface area contributed by atoms with Gasteiger partial charge in [0.2, 0.25) is 5.91 Å². The molecule has 1 aromatic carbocycles. The van der Waals surface area contributed by atoms with Gasteiger partial charge in [-0.15, -0.1) is 0 Å². The predicted octanol–water partition coefficient (Wildman–Crippen LogP) is 1.52. The zero-order valence-electron chi connectivity index (χ0n) is 10.6. The van der Waals surface area contributed by atoms with Crippen LogP contribution in [0.1, 0.15) is 6.92 Å². The lowest BCUT2D eigenvalue weighted by atomic mass is 10.2. The maximum absolute atomic E-state index is 11.7. The Morgan fingerprint density at radius 3 is 2.94 bits per heavy atom. The van der Waals surface area contributed by atoms with Crippen LogP contribution < -0.4 is 5.32 Å². The van der Waals surface area contributed by atoms with E-state index in [0.717, 1.165) is 16.6 Å². The predicted molar refractivity (Wildman–Crippen MR) is 71.3 cm³/mol. The number of aromatic nitrogens is 2. The minimum Gasteiger partial charge on any atom is -0.374 e. The molecule has 0 saturated heterocycles. The third kappa shape index (κ3) is 2.56. The van der Waals surface area contributed by atoms with Crippen LogP contribution in [0.4, 0.5) is 5.69 Å². The fourth-order valence-corrected chi connectivity index (χ4v) is 1.63. The molecule has 0 aliphatic carbocycles. The van der Waals surface area contributed by atoms with Crippen LogP contribution in [0.3, 0.4) is 0 Å². The molecule has 0 unspecified atom stereocenters. The van der Waals surface area contributed by atoms with E-state index in [1.54, 1.807) is 18.1 Å². The lowest BCUT2D eigenvalue weighted by Crippen LogP contribution is -2.31. The Hall–Kier alpha value is -2.17. The normalized spacial score (nSPS) is 10.3. The summed E-state index contributed by atoms with van der Waals surface area (Å²) in [7, 11) is 1.78. The van der Waals surface area contributed by atoms with E-state index in [2.05, 4.69) is 15.5 Å². The SMILES string of the molecule is CCN(C)C(=O)CNc1cnnc2ccccc12. The molecule has 1 heterocycles. The average molecular weight is 244 g/mol. The quantitative estimate of drug-likeness (QED) is 0.886. The third-order valence-electron chi connectivity index (χ3n) is 2.88. The fourth-order valence-electron chi connectivity index (χ4n) is 1.63. The molecule has 0 aliphatic heterocycles. The number of benzene rings is 1. The second-order valence-corrected chi connectivity index (χ2v) is 4.04. The molecule has 0 fully saturated rings. The van der Waals surface area contributed by atoms with Crippen LogP contribution in [0.15, 0.2) is 30.5 Å². The van der Waals surface area contributed by atoms with Crippen molar-refractivity contribution in [2.24, 2.45) is 0 Å². The Kier molecular flexibility index (Phi) is 3.72. The molecule has 2 rings (SSSR count). The maximum atomic E-state index is 11.7. The zero-order chi connectivity index (χ0) is 13.0. The first kappa shape index (κ1) is 12.3. The van der Waals surface area contributed by atoms with E-state index in [4.69, 9.17) is 0 Å². The molecule has 0 radical (unpaired) electrons. The van der Waals surface area contributed by atoms with Gasteiger partial charge in [-0.05, 0) is 13.0 Å². The number of amides is 1. The Labute approximate surface area is 106 Å². The standard InChI is InChI=1S/C13H16N4O/c1-3-17(2)13(18)9-14-12-8-15-16-11-7-5-4-6-10(11)12/h4-8H,3,9H2,1-2H3,(H,14,16). The monoisotopic (exact) mass is 244 g/mol. The van der Waals surface area contributed by atoms with Gasteiger partial charge in [-0.1, -0.05) is 18.2 Å². The van der Waals surface area contributed by atoms with Crippen molar-refractivity contribution in [2.75, 3.05) is 25.5 Å². The van der Waals surface area contributed by atoms with Gasteiger partial charge in [-0.25, -0.2) is 0 Å². The number of anilines is 1. The van der Waals surface area contributed by atoms with Crippen LogP contribution in [-0.4, -0.2) is 41.1 Å². The molecule has 18 heavy (non-hydrogen) atoms. The summed E-state index contributed by atoms with van der Waals surface area (Å²) in [4.78, 5) is 13.4. The van der Waals surface area contributed by atoms with Gasteiger partial charge < -0.3 is 10.2 Å². The van der Waals surface area contributed by atoms with E-state index < -0.39 is 0 Å². The van der Waals surface area contributed by atoms with Crippen molar-refractivity contribution in [3.63, 3.8) is 0 Å². The Morgan fingerprint density at radius 2 is 2.17 bits per heavy atom. The topological polar surface area (TPSA) is 58.1 Å². The van der Waals surface area contributed by atoms with Crippen molar-refractivity contribution in [3.05, 3.63) is 30.5 Å². The highest BCUT2D eigenvalue weighted by atomic mass is 16.2. The second-order valence-electron chi connectivity index (χ2n) is 4.04. The summed E-state index contributed by atoms with van der Waals surface area (Å²) in [6.07, 6.45) is 1.64. The van der Waals surface area contributed by atoms with Gasteiger partial charge in [0.25, 0.3) is 0 Å². The van der Waals surface area contributed by atoms with Crippen molar-refractivity contribution >= 4 is 22.5 Å². The minimum atomic E-state index is 0.0541. The van der Waals surface area contributed by atoms with Gasteiger partial charge in [-0.3, -0.25) is 4.79 Å². The Balaban J connectivity index is 2.15. The number of carbonyl (C=O) groups excluding carboxylic acids is 1. The number of hydrogen-bond acceptors (Lipinski definition) is 4. The van der Waals surface area contributed by atoms with Crippen LogP contribution in [0.5, 0.6) is 0 Å². The summed E-state index contributed by atoms with van der Waals surface area (Å²) in [5, 5.41) is 12.0. The van der Waals surface area contributed by atoms with Crippen LogP contribution in [0.2, 0.25) is 0 Å². The first-order chi connectivity index (χ1) is 8.72. The van der Waals surface area contributed by atoms with E-state index >= 15 is 0 Å². The molecule has 0 bridgehead atoms. The lowest BCUT2D eigenvalue weighted by Gasteiger charge is -2.15. The van der Waals surface area contributed by atoms with Crippen molar-refractivity contribution in [1.29, 1.82) is 0 Å². The van der Waals surface area contributed by atoms with E-state index in [-0.39, 0.29) is 12.5 Å². The second kappa shape index (κ2) is 5.44. The van der Waals surface area contributed by atoms with E-state index in [1.807, 2.05) is 31.2 Å². The molecule has 2 aromatic rings. The van der Waals surface area contributed by atoms with Gasteiger partial charge in [0.05, 0.1) is 23.9 Å². The van der Waals surface area contributed by atoms with Crippen LogP contribution >= 0.6 is 0 Å². The zero-order valence-corrected chi connectivity index (χ0v) is 10.6. The maximum Gasteiger partial charge on any atom is 0.241 e. The summed E-state index contributed by atoms with van der Waals surface area (Å²) in [5.74, 6) is 0.0541. The van der Waals surface area contributed by atoms with Gasteiger partial charge in [0.15, 0.2) is 0 Å². The Bertz CT molecular complexity index is 550. The largest absolute Gasteiger partial charge is 0.374 e. The fraction of sp³-hybridized carbons (Fsp3) is 0.308.